The number of carbonyl (C=O) groups is 1. The van der Waals surface area contributed by atoms with E-state index in [0.717, 1.165) is 5.75 Å². The van der Waals surface area contributed by atoms with E-state index in [-0.39, 0.29) is 0 Å². The van der Waals surface area contributed by atoms with Crippen molar-refractivity contribution in [2.45, 2.75) is 33.1 Å². The summed E-state index contributed by atoms with van der Waals surface area (Å²) >= 11 is 0. The van der Waals surface area contributed by atoms with Crippen LogP contribution in [0.4, 0.5) is 0 Å². The lowest BCUT2D eigenvalue weighted by Crippen LogP contribution is -2.31. The van der Waals surface area contributed by atoms with Crippen LogP contribution in [0.15, 0.2) is 30.3 Å². The highest BCUT2D eigenvalue weighted by Crippen LogP contribution is 2.31. The van der Waals surface area contributed by atoms with E-state index >= 15 is 0 Å². The number of carboxylic acid groups (broad SMARTS) is 1. The van der Waals surface area contributed by atoms with Gasteiger partial charge in [-0.3, -0.25) is 4.79 Å². The van der Waals surface area contributed by atoms with E-state index in [1.165, 1.54) is 0 Å². The van der Waals surface area contributed by atoms with Gasteiger partial charge in [0.05, 0.1) is 12.0 Å². The van der Waals surface area contributed by atoms with Crippen LogP contribution in [0.25, 0.3) is 0 Å². The standard InChI is InChI=1S/C14H20O3/c1-3-14(4-2,13(15)16)10-11-17-12-8-6-5-7-9-12/h5-9H,3-4,10-11H2,1-2H3,(H,15,16). The van der Waals surface area contributed by atoms with Crippen molar-refractivity contribution in [1.29, 1.82) is 0 Å². The van der Waals surface area contributed by atoms with Crippen molar-refractivity contribution < 1.29 is 14.6 Å². The van der Waals surface area contributed by atoms with E-state index in [1.807, 2.05) is 44.2 Å². The van der Waals surface area contributed by atoms with Gasteiger partial charge < -0.3 is 9.84 Å². The van der Waals surface area contributed by atoms with E-state index in [4.69, 9.17) is 4.74 Å². The summed E-state index contributed by atoms with van der Waals surface area (Å²) in [5, 5.41) is 9.27. The quantitative estimate of drug-likeness (QED) is 0.789. The third kappa shape index (κ3) is 3.48. The summed E-state index contributed by atoms with van der Waals surface area (Å²) in [6.07, 6.45) is 1.82. The SMILES string of the molecule is CCC(CC)(CCOc1ccccc1)C(=O)O. The summed E-state index contributed by atoms with van der Waals surface area (Å²) in [6.45, 7) is 4.28. The molecule has 0 aromatic heterocycles. The first kappa shape index (κ1) is 13.6. The first-order valence-electron chi connectivity index (χ1n) is 6.06. The number of para-hydroxylation sites is 1. The normalized spacial score (nSPS) is 11.2. The zero-order valence-electron chi connectivity index (χ0n) is 10.5. The molecule has 0 atom stereocenters. The van der Waals surface area contributed by atoms with Crippen LogP contribution in [0.2, 0.25) is 0 Å². The molecule has 0 bridgehead atoms. The van der Waals surface area contributed by atoms with Gasteiger partial charge in [-0.05, 0) is 31.4 Å². The number of benzene rings is 1. The Morgan fingerprint density at radius 3 is 2.29 bits per heavy atom. The molecule has 0 amide bonds. The Morgan fingerprint density at radius 1 is 1.24 bits per heavy atom. The molecule has 0 fully saturated rings. The highest BCUT2D eigenvalue weighted by atomic mass is 16.5. The molecule has 1 aromatic rings. The van der Waals surface area contributed by atoms with Crippen LogP contribution in [0.1, 0.15) is 33.1 Å². The summed E-state index contributed by atoms with van der Waals surface area (Å²) in [5.41, 5.74) is -0.644. The Kier molecular flexibility index (Phi) is 5.01. The number of ether oxygens (including phenoxy) is 1. The lowest BCUT2D eigenvalue weighted by atomic mass is 9.79. The van der Waals surface area contributed by atoms with Crippen LogP contribution >= 0.6 is 0 Å². The van der Waals surface area contributed by atoms with Gasteiger partial charge in [0, 0.05) is 0 Å². The van der Waals surface area contributed by atoms with Crippen molar-refractivity contribution in [3.63, 3.8) is 0 Å². The van der Waals surface area contributed by atoms with E-state index in [1.54, 1.807) is 0 Å². The second-order valence-corrected chi connectivity index (χ2v) is 4.20. The van der Waals surface area contributed by atoms with Crippen LogP contribution in [0, 0.1) is 5.41 Å². The molecule has 1 rings (SSSR count). The van der Waals surface area contributed by atoms with Gasteiger partial charge in [0.1, 0.15) is 5.75 Å². The summed E-state index contributed by atoms with van der Waals surface area (Å²) in [7, 11) is 0. The summed E-state index contributed by atoms with van der Waals surface area (Å²) < 4.78 is 5.55. The van der Waals surface area contributed by atoms with Crippen LogP contribution in [0.3, 0.4) is 0 Å². The van der Waals surface area contributed by atoms with Crippen LogP contribution in [0.5, 0.6) is 5.75 Å². The highest BCUT2D eigenvalue weighted by molar-refractivity contribution is 5.74. The highest BCUT2D eigenvalue weighted by Gasteiger charge is 2.34. The van der Waals surface area contributed by atoms with Gasteiger partial charge in [0.25, 0.3) is 0 Å². The molecule has 0 unspecified atom stereocenters. The Labute approximate surface area is 102 Å². The van der Waals surface area contributed by atoms with Gasteiger partial charge >= 0.3 is 5.97 Å². The van der Waals surface area contributed by atoms with Gasteiger partial charge in [0.15, 0.2) is 0 Å². The minimum atomic E-state index is -0.723. The van der Waals surface area contributed by atoms with Gasteiger partial charge in [-0.1, -0.05) is 32.0 Å². The molecular formula is C14H20O3. The average Bonchev–Trinajstić information content (AvgIpc) is 2.36. The molecule has 0 radical (unpaired) electrons. The zero-order chi connectivity index (χ0) is 12.7. The molecule has 3 nitrogen and oxygen atoms in total. The second-order valence-electron chi connectivity index (χ2n) is 4.20. The number of carboxylic acids is 1. The van der Waals surface area contributed by atoms with E-state index in [9.17, 15) is 9.90 Å². The van der Waals surface area contributed by atoms with Crippen molar-refractivity contribution in [2.24, 2.45) is 5.41 Å². The monoisotopic (exact) mass is 236 g/mol. The van der Waals surface area contributed by atoms with Crippen LogP contribution in [-0.4, -0.2) is 17.7 Å². The lowest BCUT2D eigenvalue weighted by molar-refractivity contribution is -0.150. The molecule has 0 saturated carbocycles. The number of hydrogen-bond acceptors (Lipinski definition) is 2. The second kappa shape index (κ2) is 6.28. The molecule has 1 aromatic carbocycles. The van der Waals surface area contributed by atoms with Gasteiger partial charge in [-0.15, -0.1) is 0 Å². The van der Waals surface area contributed by atoms with Crippen molar-refractivity contribution in [3.8, 4) is 5.75 Å². The molecule has 1 N–H and O–H groups in total. The number of aliphatic carboxylic acids is 1. The fourth-order valence-corrected chi connectivity index (χ4v) is 1.89. The molecule has 0 heterocycles. The van der Waals surface area contributed by atoms with Crippen molar-refractivity contribution in [1.82, 2.24) is 0 Å². The molecule has 17 heavy (non-hydrogen) atoms. The third-order valence-corrected chi connectivity index (χ3v) is 3.40. The minimum Gasteiger partial charge on any atom is -0.494 e. The number of rotatable bonds is 7. The molecule has 0 spiro atoms. The molecule has 0 saturated heterocycles. The molecule has 0 aliphatic heterocycles. The van der Waals surface area contributed by atoms with Crippen molar-refractivity contribution >= 4 is 5.97 Å². The maximum Gasteiger partial charge on any atom is 0.309 e. The van der Waals surface area contributed by atoms with E-state index in [0.29, 0.717) is 25.9 Å². The first-order chi connectivity index (χ1) is 8.14. The first-order valence-corrected chi connectivity index (χ1v) is 6.06. The fraction of sp³-hybridized carbons (Fsp3) is 0.500. The lowest BCUT2D eigenvalue weighted by Gasteiger charge is -2.26. The Bertz CT molecular complexity index is 342. The Morgan fingerprint density at radius 2 is 1.82 bits per heavy atom. The predicted octanol–water partition coefficient (Wildman–Crippen LogP) is 3.35. The van der Waals surface area contributed by atoms with Crippen molar-refractivity contribution in [2.75, 3.05) is 6.61 Å². The van der Waals surface area contributed by atoms with Crippen LogP contribution in [-0.2, 0) is 4.79 Å². The average molecular weight is 236 g/mol. The summed E-state index contributed by atoms with van der Waals surface area (Å²) in [6, 6.07) is 9.48. The topological polar surface area (TPSA) is 46.5 Å². The predicted molar refractivity (Wildman–Crippen MR) is 67.2 cm³/mol. The van der Waals surface area contributed by atoms with E-state index in [2.05, 4.69) is 0 Å². The fourth-order valence-electron chi connectivity index (χ4n) is 1.89. The summed E-state index contributed by atoms with van der Waals surface area (Å²) in [4.78, 5) is 11.3. The molecule has 0 aliphatic carbocycles. The Balaban J connectivity index is 2.51. The minimum absolute atomic E-state index is 0.442. The molecule has 0 aliphatic rings. The molecule has 94 valence electrons. The van der Waals surface area contributed by atoms with Crippen molar-refractivity contribution in [3.05, 3.63) is 30.3 Å². The largest absolute Gasteiger partial charge is 0.494 e. The van der Waals surface area contributed by atoms with Gasteiger partial charge in [-0.25, -0.2) is 0 Å². The summed E-state index contributed by atoms with van der Waals surface area (Å²) in [5.74, 6) is 0.0677. The molecular weight excluding hydrogens is 216 g/mol. The van der Waals surface area contributed by atoms with Crippen LogP contribution < -0.4 is 4.74 Å². The maximum absolute atomic E-state index is 11.3. The molecule has 3 heteroatoms. The zero-order valence-corrected chi connectivity index (χ0v) is 10.5. The van der Waals surface area contributed by atoms with Gasteiger partial charge in [-0.2, -0.15) is 0 Å². The maximum atomic E-state index is 11.3. The van der Waals surface area contributed by atoms with E-state index < -0.39 is 11.4 Å². The number of hydrogen-bond donors (Lipinski definition) is 1. The Hall–Kier alpha value is -1.51. The smallest absolute Gasteiger partial charge is 0.309 e. The van der Waals surface area contributed by atoms with Gasteiger partial charge in [0.2, 0.25) is 0 Å². The third-order valence-electron chi connectivity index (χ3n) is 3.40.